The predicted molar refractivity (Wildman–Crippen MR) is 138 cm³/mol. The molecule has 0 bridgehead atoms. The largest absolute Gasteiger partial charge is 0.491 e. The molecule has 2 aliphatic heterocycles. The van der Waals surface area contributed by atoms with E-state index in [4.69, 9.17) is 4.74 Å². The van der Waals surface area contributed by atoms with Crippen LogP contribution in [0.15, 0.2) is 72.8 Å². The maximum Gasteiger partial charge on any atom is 0.256 e. The van der Waals surface area contributed by atoms with Crippen LogP contribution in [-0.4, -0.2) is 41.8 Å². The molecule has 0 aliphatic carbocycles. The lowest BCUT2D eigenvalue weighted by Crippen LogP contribution is -2.44. The molecule has 1 fully saturated rings. The van der Waals surface area contributed by atoms with Crippen LogP contribution in [0.1, 0.15) is 52.5 Å². The van der Waals surface area contributed by atoms with E-state index in [1.54, 1.807) is 28.0 Å². The van der Waals surface area contributed by atoms with E-state index >= 15 is 0 Å². The molecule has 1 N–H and O–H groups in total. The lowest BCUT2D eigenvalue weighted by Gasteiger charge is -2.26. The topological polar surface area (TPSA) is 79.0 Å². The Morgan fingerprint density at radius 3 is 2.56 bits per heavy atom. The van der Waals surface area contributed by atoms with E-state index in [9.17, 15) is 14.4 Å². The molecule has 0 unspecified atom stereocenters. The summed E-state index contributed by atoms with van der Waals surface area (Å²) in [7, 11) is 0. The van der Waals surface area contributed by atoms with Crippen molar-refractivity contribution in [2.75, 3.05) is 23.4 Å². The van der Waals surface area contributed by atoms with E-state index < -0.39 is 6.04 Å². The first-order chi connectivity index (χ1) is 17.6. The normalized spacial score (nSPS) is 16.9. The van der Waals surface area contributed by atoms with Gasteiger partial charge in [0.05, 0.1) is 30.1 Å². The van der Waals surface area contributed by atoms with Crippen LogP contribution in [0.25, 0.3) is 0 Å². The summed E-state index contributed by atoms with van der Waals surface area (Å²) in [6, 6.07) is 21.4. The van der Waals surface area contributed by atoms with Gasteiger partial charge in [-0.2, -0.15) is 0 Å². The number of carbonyl (C=O) groups excluding carboxylic acids is 3. The number of amides is 3. The van der Waals surface area contributed by atoms with Gasteiger partial charge in [-0.05, 0) is 61.2 Å². The van der Waals surface area contributed by atoms with Crippen LogP contribution in [0.2, 0.25) is 0 Å². The number of carbonyl (C=O) groups is 3. The zero-order chi connectivity index (χ0) is 25.1. The minimum absolute atomic E-state index is 0.0590. The number of ether oxygens (including phenoxy) is 1. The summed E-state index contributed by atoms with van der Waals surface area (Å²) in [5.74, 6) is 0.256. The molecule has 36 heavy (non-hydrogen) atoms. The highest BCUT2D eigenvalue weighted by atomic mass is 16.5. The summed E-state index contributed by atoms with van der Waals surface area (Å²) in [4.78, 5) is 42.9. The maximum atomic E-state index is 13.5. The number of fused-ring (bicyclic) bond motifs is 2. The quantitative estimate of drug-likeness (QED) is 0.520. The standard InChI is InChI=1S/C29H29N3O4/c1-2-18-36-26-12-6-4-9-23(26)30-27(33)21-15-13-20(14-16-21)19-32-24-10-5-3-8-22(24)28(34)31-17-7-11-25(31)29(32)35/h3-6,8-10,12-16,25H,2,7,11,17-19H2,1H3,(H,30,33)/t25-/m0/s1. The number of rotatable bonds is 7. The van der Waals surface area contributed by atoms with Gasteiger partial charge in [0.15, 0.2) is 0 Å². The Morgan fingerprint density at radius 2 is 1.75 bits per heavy atom. The Kier molecular flexibility index (Phi) is 6.71. The number of nitrogens with one attached hydrogen (secondary N) is 1. The van der Waals surface area contributed by atoms with Crippen molar-refractivity contribution in [1.82, 2.24) is 4.90 Å². The van der Waals surface area contributed by atoms with Gasteiger partial charge in [0, 0.05) is 12.1 Å². The number of hydrogen-bond donors (Lipinski definition) is 1. The number of para-hydroxylation sites is 3. The summed E-state index contributed by atoms with van der Waals surface area (Å²) in [6.07, 6.45) is 2.38. The molecule has 1 atom stereocenters. The second-order valence-corrected chi connectivity index (χ2v) is 9.09. The highest BCUT2D eigenvalue weighted by Gasteiger charge is 2.41. The summed E-state index contributed by atoms with van der Waals surface area (Å²) in [6.45, 7) is 3.53. The van der Waals surface area contributed by atoms with Gasteiger partial charge in [-0.15, -0.1) is 0 Å². The predicted octanol–water partition coefficient (Wildman–Crippen LogP) is 4.88. The van der Waals surface area contributed by atoms with Gasteiger partial charge in [0.25, 0.3) is 11.8 Å². The zero-order valence-corrected chi connectivity index (χ0v) is 20.3. The van der Waals surface area contributed by atoms with Crippen molar-refractivity contribution in [2.24, 2.45) is 0 Å². The molecular weight excluding hydrogens is 454 g/mol. The molecule has 0 saturated carbocycles. The summed E-state index contributed by atoms with van der Waals surface area (Å²) >= 11 is 0. The number of nitrogens with zero attached hydrogens (tertiary/aromatic N) is 2. The van der Waals surface area contributed by atoms with Crippen molar-refractivity contribution in [2.45, 2.75) is 38.8 Å². The Balaban J connectivity index is 1.35. The Hall–Kier alpha value is -4.13. The molecule has 0 spiro atoms. The van der Waals surface area contributed by atoms with Gasteiger partial charge < -0.3 is 19.9 Å². The molecule has 2 aliphatic rings. The summed E-state index contributed by atoms with van der Waals surface area (Å²) < 4.78 is 5.73. The van der Waals surface area contributed by atoms with Crippen LogP contribution in [0.4, 0.5) is 11.4 Å². The van der Waals surface area contributed by atoms with Gasteiger partial charge in [-0.25, -0.2) is 0 Å². The zero-order valence-electron chi connectivity index (χ0n) is 20.3. The highest BCUT2D eigenvalue weighted by Crippen LogP contribution is 2.33. The van der Waals surface area contributed by atoms with Crippen molar-refractivity contribution in [3.05, 3.63) is 89.5 Å². The average molecular weight is 484 g/mol. The minimum atomic E-state index is -0.426. The Bertz CT molecular complexity index is 1290. The monoisotopic (exact) mass is 483 g/mol. The third-order valence-corrected chi connectivity index (χ3v) is 6.64. The van der Waals surface area contributed by atoms with Gasteiger partial charge in [-0.3, -0.25) is 14.4 Å². The Labute approximate surface area is 210 Å². The first-order valence-corrected chi connectivity index (χ1v) is 12.4. The fraction of sp³-hybridized carbons (Fsp3) is 0.276. The molecule has 3 aromatic rings. The van der Waals surface area contributed by atoms with E-state index in [-0.39, 0.29) is 17.7 Å². The summed E-state index contributed by atoms with van der Waals surface area (Å²) in [5, 5.41) is 2.92. The number of benzene rings is 3. The van der Waals surface area contributed by atoms with Crippen molar-refractivity contribution in [3.63, 3.8) is 0 Å². The molecule has 5 rings (SSSR count). The molecule has 2 heterocycles. The van der Waals surface area contributed by atoms with E-state index in [0.717, 1.165) is 18.4 Å². The molecular formula is C29H29N3O4. The van der Waals surface area contributed by atoms with E-state index in [2.05, 4.69) is 5.32 Å². The second kappa shape index (κ2) is 10.2. The van der Waals surface area contributed by atoms with Crippen LogP contribution >= 0.6 is 0 Å². The fourth-order valence-corrected chi connectivity index (χ4v) is 4.82. The molecule has 0 aromatic heterocycles. The summed E-state index contributed by atoms with van der Waals surface area (Å²) in [5.41, 5.74) is 3.18. The number of hydrogen-bond acceptors (Lipinski definition) is 4. The molecule has 1 saturated heterocycles. The van der Waals surface area contributed by atoms with E-state index in [0.29, 0.717) is 54.4 Å². The van der Waals surface area contributed by atoms with Crippen molar-refractivity contribution >= 4 is 29.1 Å². The number of anilines is 2. The fourth-order valence-electron chi connectivity index (χ4n) is 4.82. The van der Waals surface area contributed by atoms with Crippen LogP contribution in [0.3, 0.4) is 0 Å². The molecule has 184 valence electrons. The highest BCUT2D eigenvalue weighted by molar-refractivity contribution is 6.11. The Morgan fingerprint density at radius 1 is 1.00 bits per heavy atom. The lowest BCUT2D eigenvalue weighted by atomic mass is 10.1. The maximum absolute atomic E-state index is 13.5. The second-order valence-electron chi connectivity index (χ2n) is 9.09. The lowest BCUT2D eigenvalue weighted by molar-refractivity contribution is -0.122. The smallest absolute Gasteiger partial charge is 0.256 e. The molecule has 3 amide bonds. The van der Waals surface area contributed by atoms with Gasteiger partial charge in [0.2, 0.25) is 5.91 Å². The van der Waals surface area contributed by atoms with Crippen LogP contribution in [0.5, 0.6) is 5.75 Å². The van der Waals surface area contributed by atoms with Gasteiger partial charge in [0.1, 0.15) is 11.8 Å². The first-order valence-electron chi connectivity index (χ1n) is 12.4. The third kappa shape index (κ3) is 4.56. The van der Waals surface area contributed by atoms with Crippen LogP contribution in [-0.2, 0) is 11.3 Å². The third-order valence-electron chi connectivity index (χ3n) is 6.64. The van der Waals surface area contributed by atoms with Crippen LogP contribution in [0, 0.1) is 0 Å². The SMILES string of the molecule is CCCOc1ccccc1NC(=O)c1ccc(CN2C(=O)[C@@H]3CCCN3C(=O)c3ccccc32)cc1. The molecule has 3 aromatic carbocycles. The molecule has 7 heteroatoms. The van der Waals surface area contributed by atoms with Gasteiger partial charge in [-0.1, -0.05) is 43.3 Å². The van der Waals surface area contributed by atoms with E-state index in [1.165, 1.54) is 0 Å². The van der Waals surface area contributed by atoms with Crippen molar-refractivity contribution < 1.29 is 19.1 Å². The van der Waals surface area contributed by atoms with E-state index in [1.807, 2.05) is 61.5 Å². The average Bonchev–Trinajstić information content (AvgIpc) is 3.38. The molecule has 0 radical (unpaired) electrons. The van der Waals surface area contributed by atoms with Crippen LogP contribution < -0.4 is 15.0 Å². The first kappa shape index (κ1) is 23.6. The van der Waals surface area contributed by atoms with Crippen molar-refractivity contribution in [1.29, 1.82) is 0 Å². The van der Waals surface area contributed by atoms with Gasteiger partial charge >= 0.3 is 0 Å². The minimum Gasteiger partial charge on any atom is -0.491 e. The molecule has 7 nitrogen and oxygen atoms in total. The van der Waals surface area contributed by atoms with Crippen molar-refractivity contribution in [3.8, 4) is 5.75 Å².